The molecule has 0 spiro atoms. The van der Waals surface area contributed by atoms with Gasteiger partial charge in [0.1, 0.15) is 146 Å². The van der Waals surface area contributed by atoms with Crippen LogP contribution in [0.5, 0.6) is 0 Å². The zero-order valence-electron chi connectivity index (χ0n) is 58.8. The maximum Gasteiger partial charge on any atom is 0.187 e. The second kappa shape index (κ2) is 38.6. The van der Waals surface area contributed by atoms with Gasteiger partial charge in [0.15, 0.2) is 37.7 Å². The summed E-state index contributed by atoms with van der Waals surface area (Å²) in [5.41, 5.74) is 3.70. The molecule has 0 saturated carbocycles. The maximum atomic E-state index is 12.8. The number of aliphatic hydroxyl groups excluding tert-OH is 12. The van der Waals surface area contributed by atoms with E-state index in [1.54, 1.807) is 182 Å². The van der Waals surface area contributed by atoms with E-state index in [4.69, 9.17) is 85.3 Å². The Morgan fingerprint density at radius 1 is 0.194 bits per heavy atom. The largest absolute Gasteiger partial charge is 0.394 e. The molecule has 28 rings (SSSR count). The Morgan fingerprint density at radius 3 is 0.444 bits per heavy atom. The second-order valence-corrected chi connectivity index (χ2v) is 27.5. The third-order valence-electron chi connectivity index (χ3n) is 20.2. The van der Waals surface area contributed by atoms with Gasteiger partial charge in [-0.3, -0.25) is 0 Å². The van der Waals surface area contributed by atoms with Crippen LogP contribution >= 0.6 is 0 Å². The summed E-state index contributed by atoms with van der Waals surface area (Å²) < 4.78 is 118. The average Bonchev–Trinajstić information content (AvgIpc) is 0.764. The summed E-state index contributed by atoms with van der Waals surface area (Å²) in [7, 11) is 0. The summed E-state index contributed by atoms with van der Waals surface area (Å²) in [4.78, 5) is 0. The van der Waals surface area contributed by atoms with Gasteiger partial charge in [-0.2, -0.15) is 0 Å². The van der Waals surface area contributed by atoms with Gasteiger partial charge in [0.25, 0.3) is 0 Å². The van der Waals surface area contributed by atoms with Crippen molar-refractivity contribution < 1.29 is 147 Å². The molecule has 0 radical (unpaired) electrons. The Bertz CT molecular complexity index is 2970. The topological polar surface area (TPSA) is 409 Å². The van der Waals surface area contributed by atoms with Gasteiger partial charge in [-0.15, -0.1) is 0 Å². The van der Waals surface area contributed by atoms with Gasteiger partial charge in [0.05, 0.1) is 79.3 Å². The fraction of sp³-hybridized carbons (Fsp3) is 0.538. The van der Waals surface area contributed by atoms with E-state index in [1.807, 2.05) is 0 Å². The predicted molar refractivity (Wildman–Crippen MR) is 370 cm³/mol. The Balaban J connectivity index is 0.909. The van der Waals surface area contributed by atoms with Crippen molar-refractivity contribution in [2.75, 3.05) is 39.6 Å². The molecular formula is C78H96O30. The summed E-state index contributed by atoms with van der Waals surface area (Å²) in [5.74, 6) is 0. The first-order chi connectivity index (χ1) is 52.8. The van der Waals surface area contributed by atoms with Crippen LogP contribution in [-0.2, 0) is 125 Å². The van der Waals surface area contributed by atoms with Crippen molar-refractivity contribution in [1.82, 2.24) is 0 Å². The summed E-state index contributed by atoms with van der Waals surface area (Å²) >= 11 is 0. The molecule has 588 valence electrons. The van der Waals surface area contributed by atoms with Crippen molar-refractivity contribution in [3.8, 4) is 0 Å². The van der Waals surface area contributed by atoms with E-state index in [2.05, 4.69) is 0 Å². The number of rotatable bonds is 24. The molecule has 0 aromatic heterocycles. The fourth-order valence-corrected chi connectivity index (χ4v) is 14.6. The minimum absolute atomic E-state index is 0.203. The number of hydrogen-bond donors (Lipinski definition) is 12. The molecule has 22 heterocycles. The highest BCUT2D eigenvalue weighted by atomic mass is 16.8. The highest BCUT2D eigenvalue weighted by Crippen LogP contribution is 2.42. The Morgan fingerprint density at radius 2 is 0.324 bits per heavy atom. The van der Waals surface area contributed by atoms with Crippen LogP contribution in [0, 0.1) is 0 Å². The Hall–Kier alpha value is -5.88. The molecule has 0 aliphatic carbocycles. The van der Waals surface area contributed by atoms with E-state index >= 15 is 0 Å². The van der Waals surface area contributed by atoms with Crippen molar-refractivity contribution in [1.29, 1.82) is 0 Å². The average molecular weight is 1510 g/mol. The normalized spacial score (nSPS) is 38.2. The van der Waals surface area contributed by atoms with Crippen molar-refractivity contribution in [2.45, 2.75) is 224 Å². The van der Waals surface area contributed by atoms with Gasteiger partial charge in [-0.1, -0.05) is 182 Å². The van der Waals surface area contributed by atoms with Crippen LogP contribution in [0.1, 0.15) is 33.4 Å². The molecule has 22 aliphatic heterocycles. The molecule has 22 aliphatic rings. The van der Waals surface area contributed by atoms with E-state index in [-0.39, 0.29) is 39.6 Å². The monoisotopic (exact) mass is 1510 g/mol. The molecule has 12 bridgehead atoms. The summed E-state index contributed by atoms with van der Waals surface area (Å²) in [6.07, 6.45) is -51.3. The standard InChI is InChI=1S/C78H96O30/c79-31-49-61-67(91-37-43-19-7-1-8-20-43)55(85)73(97-49)104-62-50(32-80)99-75(57(87)69(62)93-39-45-23-11-3-12-24-45)106-64-52(34-82)101-77(59(89)71(64)95-41-47-27-15-5-16-28-47)108-66-54(36-84)102-78(60(90)72(66)96-42-48-29-17-6-18-30-48)107-65-53(35-83)100-76(58(88)70(65)94-40-46-25-13-4-14-26-46)105-63-51(33-81)98-74(103-61)56(86)68(63)92-38-44-21-9-2-10-22-44/h1-30,49-90H,31-42H2/t49-,50-,51-,52-,53-,54-,55-,56-,57-,58-,59-,60-,61-,62-,63-,64-,65-,66-,67-,68-,69-,70-,71+,72+,73-,74-,75-,76-,77-,78-/m1/s1. The molecule has 22 fully saturated rings. The molecule has 22 saturated heterocycles. The lowest BCUT2D eigenvalue weighted by Crippen LogP contribution is -2.69. The van der Waals surface area contributed by atoms with Crippen molar-refractivity contribution >= 4 is 0 Å². The lowest BCUT2D eigenvalue weighted by molar-refractivity contribution is -0.410. The molecule has 6 aromatic carbocycles. The van der Waals surface area contributed by atoms with Crippen molar-refractivity contribution in [3.05, 3.63) is 215 Å². The minimum atomic E-state index is -1.93. The highest BCUT2D eigenvalue weighted by Gasteiger charge is 2.61. The van der Waals surface area contributed by atoms with Crippen molar-refractivity contribution in [3.63, 3.8) is 0 Å². The third kappa shape index (κ3) is 18.9. The molecule has 0 unspecified atom stereocenters. The Labute approximate surface area is 623 Å². The van der Waals surface area contributed by atoms with Gasteiger partial charge in [0.2, 0.25) is 0 Å². The Kier molecular flexibility index (Phi) is 28.6. The van der Waals surface area contributed by atoms with Gasteiger partial charge in [-0.05, 0) is 33.4 Å². The maximum absolute atomic E-state index is 12.8. The molecule has 30 heteroatoms. The second-order valence-electron chi connectivity index (χ2n) is 27.5. The van der Waals surface area contributed by atoms with E-state index in [9.17, 15) is 61.3 Å². The molecule has 0 amide bonds. The van der Waals surface area contributed by atoms with Crippen LogP contribution in [0.15, 0.2) is 182 Å². The predicted octanol–water partition coefficient (Wildman–Crippen LogP) is 0.292. The minimum Gasteiger partial charge on any atom is -0.394 e. The molecule has 6 aromatic rings. The van der Waals surface area contributed by atoms with E-state index in [0.717, 1.165) is 0 Å². The van der Waals surface area contributed by atoms with E-state index < -0.39 is 224 Å². The number of aliphatic hydroxyl groups is 12. The lowest BCUT2D eigenvalue weighted by Gasteiger charge is -2.52. The first-order valence-corrected chi connectivity index (χ1v) is 36.3. The van der Waals surface area contributed by atoms with Crippen molar-refractivity contribution in [2.24, 2.45) is 0 Å². The summed E-state index contributed by atoms with van der Waals surface area (Å²) in [6, 6.07) is 53.0. The third-order valence-corrected chi connectivity index (χ3v) is 20.2. The number of ether oxygens (including phenoxy) is 18. The summed E-state index contributed by atoms with van der Waals surface area (Å²) in [5, 5.41) is 146. The van der Waals surface area contributed by atoms with Gasteiger partial charge in [0, 0.05) is 0 Å². The van der Waals surface area contributed by atoms with Crippen LogP contribution in [0.2, 0.25) is 0 Å². The van der Waals surface area contributed by atoms with Gasteiger partial charge in [-0.25, -0.2) is 0 Å². The quantitative estimate of drug-likeness (QED) is 0.0387. The number of hydrogen-bond acceptors (Lipinski definition) is 30. The molecule has 30 nitrogen and oxygen atoms in total. The lowest BCUT2D eigenvalue weighted by atomic mass is 9.94. The van der Waals surface area contributed by atoms with Crippen LogP contribution < -0.4 is 0 Å². The van der Waals surface area contributed by atoms with Crippen LogP contribution in [0.3, 0.4) is 0 Å². The smallest absolute Gasteiger partial charge is 0.187 e. The van der Waals surface area contributed by atoms with Crippen LogP contribution in [0.4, 0.5) is 0 Å². The summed E-state index contributed by atoms with van der Waals surface area (Å²) in [6.45, 7) is -6.53. The molecular weight excluding hydrogens is 1420 g/mol. The van der Waals surface area contributed by atoms with E-state index in [1.165, 1.54) is 0 Å². The van der Waals surface area contributed by atoms with Gasteiger partial charge < -0.3 is 147 Å². The van der Waals surface area contributed by atoms with Crippen LogP contribution in [-0.4, -0.2) is 285 Å². The van der Waals surface area contributed by atoms with Crippen LogP contribution in [0.25, 0.3) is 0 Å². The SMILES string of the molecule is OC[C@H]1O[C@@H]2O[C@H]3[C@H](OCc4ccccc4)[C@@H](O)[C@@H](O[C@H]4[C@@H](OCc5ccccc5)[C@@H](O)[C@@H](O[C@H]5[C@@H](OCc6ccccc6)[C@@H](O)[C@@H](O[C@H]6[C@H](OCc7ccccc7)[C@@H](O)[C@@H](O[C@H]7[C@H](OCc8ccccc8)[C@@H](O)[C@@H](O[C@H]1[C@H](OCc1ccccc1)[C@H]2O)O[C@@H]7CO)O[C@@H]6CO)O[C@@H]5CO)O[C@@H]4CO)O[C@@H]3CO. The fourth-order valence-electron chi connectivity index (χ4n) is 14.6. The van der Waals surface area contributed by atoms with Gasteiger partial charge >= 0.3 is 0 Å². The molecule has 12 N–H and O–H groups in total. The first-order valence-electron chi connectivity index (χ1n) is 36.3. The zero-order valence-corrected chi connectivity index (χ0v) is 58.8. The highest BCUT2D eigenvalue weighted by molar-refractivity contribution is 5.19. The first kappa shape index (κ1) is 80.2. The van der Waals surface area contributed by atoms with E-state index in [0.29, 0.717) is 33.4 Å². The number of benzene rings is 6. The molecule has 30 atom stereocenters. The zero-order chi connectivity index (χ0) is 75.2. The molecule has 108 heavy (non-hydrogen) atoms.